The van der Waals surface area contributed by atoms with Crippen LogP contribution in [0.5, 0.6) is 0 Å². The van der Waals surface area contributed by atoms with Crippen molar-refractivity contribution >= 4 is 11.3 Å². The fraction of sp³-hybridized carbons (Fsp3) is 0.667. The third-order valence-electron chi connectivity index (χ3n) is 2.69. The molecule has 2 atom stereocenters. The third kappa shape index (κ3) is 2.76. The van der Waals surface area contributed by atoms with Crippen molar-refractivity contribution in [2.24, 2.45) is 11.8 Å². The second-order valence-corrected chi connectivity index (χ2v) is 4.90. The number of thiazole rings is 1. The molecule has 17 heavy (non-hydrogen) atoms. The van der Waals surface area contributed by atoms with Crippen molar-refractivity contribution in [1.82, 2.24) is 10.4 Å². The Labute approximate surface area is 99.9 Å². The minimum atomic E-state index is -4.39. The maximum Gasteiger partial charge on any atom is 0.443 e. The van der Waals surface area contributed by atoms with Crippen LogP contribution in [0.3, 0.4) is 0 Å². The number of nitrogens with two attached hydrogens (primary N) is 1. The van der Waals surface area contributed by atoms with Crippen LogP contribution in [0.4, 0.5) is 13.2 Å². The summed E-state index contributed by atoms with van der Waals surface area (Å²) in [5.41, 5.74) is 2.55. The average molecular weight is 267 g/mol. The van der Waals surface area contributed by atoms with Gasteiger partial charge in [0.05, 0.1) is 12.6 Å². The van der Waals surface area contributed by atoms with E-state index in [1.165, 1.54) is 6.20 Å². The van der Waals surface area contributed by atoms with E-state index in [0.717, 1.165) is 6.42 Å². The highest BCUT2D eigenvalue weighted by Crippen LogP contribution is 2.37. The summed E-state index contributed by atoms with van der Waals surface area (Å²) in [6.07, 6.45) is -2.38. The second-order valence-electron chi connectivity index (χ2n) is 3.83. The molecule has 4 nitrogen and oxygen atoms in total. The highest BCUT2D eigenvalue weighted by molar-refractivity contribution is 7.11. The van der Waals surface area contributed by atoms with Gasteiger partial charge in [-0.2, -0.15) is 13.2 Å². The molecule has 0 amide bonds. The lowest BCUT2D eigenvalue weighted by molar-refractivity contribution is -0.137. The molecule has 0 radical (unpaired) electrons. The molecule has 0 bridgehead atoms. The van der Waals surface area contributed by atoms with E-state index in [2.05, 4.69) is 10.4 Å². The highest BCUT2D eigenvalue weighted by Gasteiger charge is 2.36. The number of nitrogens with one attached hydrogen (secondary N) is 1. The van der Waals surface area contributed by atoms with Gasteiger partial charge in [-0.15, -0.1) is 11.3 Å². The molecule has 3 N–H and O–H groups in total. The summed E-state index contributed by atoms with van der Waals surface area (Å²) in [6, 6.07) is -0.328. The SMILES string of the molecule is NNC(c1cnc(C(F)(F)F)s1)C1CCOC1. The molecular weight excluding hydrogens is 255 g/mol. The van der Waals surface area contributed by atoms with Gasteiger partial charge in [-0.1, -0.05) is 0 Å². The summed E-state index contributed by atoms with van der Waals surface area (Å²) in [5.74, 6) is 5.49. The Morgan fingerprint density at radius 3 is 2.82 bits per heavy atom. The van der Waals surface area contributed by atoms with Crippen LogP contribution in [-0.4, -0.2) is 18.2 Å². The molecular formula is C9H12F3N3OS. The molecule has 1 aromatic heterocycles. The molecule has 2 heterocycles. The van der Waals surface area contributed by atoms with Gasteiger partial charge >= 0.3 is 6.18 Å². The second kappa shape index (κ2) is 4.89. The van der Waals surface area contributed by atoms with E-state index in [1.54, 1.807) is 0 Å². The number of alkyl halides is 3. The Bertz CT molecular complexity index is 376. The fourth-order valence-electron chi connectivity index (χ4n) is 1.83. The first-order valence-corrected chi connectivity index (χ1v) is 5.91. The quantitative estimate of drug-likeness (QED) is 0.646. The van der Waals surface area contributed by atoms with Crippen molar-refractivity contribution in [2.45, 2.75) is 18.6 Å². The van der Waals surface area contributed by atoms with E-state index in [9.17, 15) is 13.2 Å². The lowest BCUT2D eigenvalue weighted by atomic mass is 9.99. The Hall–Kier alpha value is -0.700. The summed E-state index contributed by atoms with van der Waals surface area (Å²) in [6.45, 7) is 1.13. The van der Waals surface area contributed by atoms with Crippen LogP contribution in [0, 0.1) is 5.92 Å². The Balaban J connectivity index is 2.17. The van der Waals surface area contributed by atoms with Crippen LogP contribution in [0.2, 0.25) is 0 Å². The summed E-state index contributed by atoms with van der Waals surface area (Å²) in [4.78, 5) is 3.88. The molecule has 0 aromatic carbocycles. The van der Waals surface area contributed by atoms with Crippen LogP contribution in [-0.2, 0) is 10.9 Å². The summed E-state index contributed by atoms with van der Waals surface area (Å²) >= 11 is 0.625. The molecule has 1 aliphatic heterocycles. The van der Waals surface area contributed by atoms with Crippen molar-refractivity contribution in [1.29, 1.82) is 0 Å². The molecule has 1 saturated heterocycles. The zero-order valence-electron chi connectivity index (χ0n) is 8.83. The zero-order chi connectivity index (χ0) is 12.5. The number of hydrogen-bond acceptors (Lipinski definition) is 5. The average Bonchev–Trinajstić information content (AvgIpc) is 2.87. The first kappa shape index (κ1) is 12.7. The lowest BCUT2D eigenvalue weighted by Crippen LogP contribution is -2.33. The van der Waals surface area contributed by atoms with Gasteiger partial charge in [0.15, 0.2) is 5.01 Å². The van der Waals surface area contributed by atoms with Crippen molar-refractivity contribution in [3.63, 3.8) is 0 Å². The smallest absolute Gasteiger partial charge is 0.381 e. The number of hydrogen-bond donors (Lipinski definition) is 2. The monoisotopic (exact) mass is 267 g/mol. The van der Waals surface area contributed by atoms with E-state index >= 15 is 0 Å². The number of ether oxygens (including phenoxy) is 1. The zero-order valence-corrected chi connectivity index (χ0v) is 9.64. The summed E-state index contributed by atoms with van der Waals surface area (Å²) < 4.78 is 42.5. The number of hydrazine groups is 1. The minimum Gasteiger partial charge on any atom is -0.381 e. The number of nitrogens with zero attached hydrogens (tertiary/aromatic N) is 1. The van der Waals surface area contributed by atoms with Gasteiger partial charge in [-0.25, -0.2) is 4.98 Å². The summed E-state index contributed by atoms with van der Waals surface area (Å²) in [7, 11) is 0. The van der Waals surface area contributed by atoms with E-state index < -0.39 is 11.2 Å². The van der Waals surface area contributed by atoms with Crippen molar-refractivity contribution in [2.75, 3.05) is 13.2 Å². The normalized spacial score (nSPS) is 22.9. The predicted octanol–water partition coefficient (Wildman–Crippen LogP) is 1.70. The topological polar surface area (TPSA) is 60.2 Å². The standard InChI is InChI=1S/C9H12F3N3OS/c10-9(11,12)8-14-3-6(17-8)7(15-13)5-1-2-16-4-5/h3,5,7,15H,1-2,4,13H2. The van der Waals surface area contributed by atoms with Crippen LogP contribution in [0.15, 0.2) is 6.20 Å². The van der Waals surface area contributed by atoms with Crippen molar-refractivity contribution in [3.8, 4) is 0 Å². The van der Waals surface area contributed by atoms with E-state index in [1.807, 2.05) is 0 Å². The number of aromatic nitrogens is 1. The lowest BCUT2D eigenvalue weighted by Gasteiger charge is -2.19. The molecule has 1 aromatic rings. The van der Waals surface area contributed by atoms with E-state index in [-0.39, 0.29) is 12.0 Å². The predicted molar refractivity (Wildman–Crippen MR) is 56.1 cm³/mol. The molecule has 1 fully saturated rings. The van der Waals surface area contributed by atoms with E-state index in [0.29, 0.717) is 29.4 Å². The third-order valence-corrected chi connectivity index (χ3v) is 3.81. The Morgan fingerprint density at radius 2 is 2.35 bits per heavy atom. The Morgan fingerprint density at radius 1 is 1.59 bits per heavy atom. The molecule has 0 spiro atoms. The molecule has 2 unspecified atom stereocenters. The molecule has 0 saturated carbocycles. The largest absolute Gasteiger partial charge is 0.443 e. The maximum atomic E-state index is 12.4. The van der Waals surface area contributed by atoms with Gasteiger partial charge in [-0.05, 0) is 6.42 Å². The minimum absolute atomic E-state index is 0.0986. The molecule has 2 rings (SSSR count). The first-order valence-electron chi connectivity index (χ1n) is 5.09. The van der Waals surface area contributed by atoms with Crippen LogP contribution in [0.25, 0.3) is 0 Å². The van der Waals surface area contributed by atoms with Crippen molar-refractivity contribution in [3.05, 3.63) is 16.1 Å². The van der Waals surface area contributed by atoms with Gasteiger partial charge in [-0.3, -0.25) is 11.3 Å². The van der Waals surface area contributed by atoms with Crippen LogP contribution in [0.1, 0.15) is 22.3 Å². The van der Waals surface area contributed by atoms with Crippen LogP contribution < -0.4 is 11.3 Å². The molecule has 1 aliphatic rings. The number of rotatable bonds is 3. The molecule has 0 aliphatic carbocycles. The Kier molecular flexibility index (Phi) is 3.67. The first-order chi connectivity index (χ1) is 8.02. The number of halogens is 3. The van der Waals surface area contributed by atoms with Gasteiger partial charge in [0.25, 0.3) is 0 Å². The van der Waals surface area contributed by atoms with Gasteiger partial charge in [0.2, 0.25) is 0 Å². The van der Waals surface area contributed by atoms with Crippen molar-refractivity contribution < 1.29 is 17.9 Å². The highest BCUT2D eigenvalue weighted by atomic mass is 32.1. The van der Waals surface area contributed by atoms with Gasteiger partial charge in [0.1, 0.15) is 0 Å². The molecule has 96 valence electrons. The summed E-state index contributed by atoms with van der Waals surface area (Å²) in [5, 5.41) is -0.841. The molecule has 8 heteroatoms. The maximum absolute atomic E-state index is 12.4. The fourth-order valence-corrected chi connectivity index (χ4v) is 2.76. The van der Waals surface area contributed by atoms with Gasteiger partial charge in [0, 0.05) is 23.6 Å². The van der Waals surface area contributed by atoms with E-state index in [4.69, 9.17) is 10.6 Å². The van der Waals surface area contributed by atoms with Crippen LogP contribution >= 0.6 is 11.3 Å². The van der Waals surface area contributed by atoms with Gasteiger partial charge < -0.3 is 4.74 Å².